The first-order valence-electron chi connectivity index (χ1n) is 5.51. The molecule has 1 aliphatic carbocycles. The number of hydrogen-bond donors (Lipinski definition) is 0. The maximum atomic E-state index is 9.35. The second-order valence-corrected chi connectivity index (χ2v) is 4.52. The lowest BCUT2D eigenvalue weighted by atomic mass is 9.73. The van der Waals surface area contributed by atoms with Gasteiger partial charge in [0.05, 0.1) is 11.5 Å². The van der Waals surface area contributed by atoms with Crippen LogP contribution in [0.2, 0.25) is 0 Å². The van der Waals surface area contributed by atoms with Crippen LogP contribution in [0, 0.1) is 16.7 Å². The van der Waals surface area contributed by atoms with Crippen molar-refractivity contribution in [1.29, 1.82) is 5.26 Å². The molecule has 0 radical (unpaired) electrons. The Morgan fingerprint density at radius 1 is 1.25 bits per heavy atom. The monoisotopic (exact) mass is 209 g/mol. The Balaban J connectivity index is 2.52. The maximum absolute atomic E-state index is 9.35. The maximum Gasteiger partial charge on any atom is 0.0834 e. The Kier molecular flexibility index (Phi) is 2.66. The molecule has 0 aromatic heterocycles. The molecule has 1 heteroatoms. The minimum Gasteiger partial charge on any atom is -0.197 e. The van der Waals surface area contributed by atoms with Crippen LogP contribution in [0.25, 0.3) is 5.57 Å². The molecule has 1 unspecified atom stereocenters. The van der Waals surface area contributed by atoms with Gasteiger partial charge >= 0.3 is 0 Å². The number of nitrogens with zero attached hydrogens (tertiary/aromatic N) is 1. The molecule has 80 valence electrons. The third-order valence-corrected chi connectivity index (χ3v) is 3.13. The smallest absolute Gasteiger partial charge is 0.0834 e. The number of rotatable bonds is 1. The van der Waals surface area contributed by atoms with Crippen molar-refractivity contribution >= 4 is 5.57 Å². The summed E-state index contributed by atoms with van der Waals surface area (Å²) in [6, 6.07) is 12.6. The average molecular weight is 209 g/mol. The minimum atomic E-state index is -0.388. The molecule has 2 rings (SSSR count). The van der Waals surface area contributed by atoms with Gasteiger partial charge in [-0.05, 0) is 31.4 Å². The highest BCUT2D eigenvalue weighted by molar-refractivity contribution is 5.76. The third kappa shape index (κ3) is 1.79. The summed E-state index contributed by atoms with van der Waals surface area (Å²) in [7, 11) is 0. The quantitative estimate of drug-likeness (QED) is 0.687. The van der Waals surface area contributed by atoms with E-state index in [1.165, 1.54) is 5.57 Å². The van der Waals surface area contributed by atoms with Crippen LogP contribution in [0.15, 0.2) is 48.1 Å². The van der Waals surface area contributed by atoms with E-state index in [0.29, 0.717) is 0 Å². The van der Waals surface area contributed by atoms with Crippen molar-refractivity contribution in [2.75, 3.05) is 0 Å². The second kappa shape index (κ2) is 3.98. The van der Waals surface area contributed by atoms with Crippen molar-refractivity contribution in [2.24, 2.45) is 5.41 Å². The average Bonchev–Trinajstić information content (AvgIpc) is 2.33. The van der Waals surface area contributed by atoms with E-state index in [9.17, 15) is 5.26 Å². The van der Waals surface area contributed by atoms with Gasteiger partial charge in [-0.2, -0.15) is 5.26 Å². The minimum absolute atomic E-state index is 0.388. The molecule has 0 aliphatic heterocycles. The Morgan fingerprint density at radius 3 is 2.56 bits per heavy atom. The topological polar surface area (TPSA) is 23.8 Å². The lowest BCUT2D eigenvalue weighted by Gasteiger charge is -2.27. The van der Waals surface area contributed by atoms with E-state index in [4.69, 9.17) is 0 Å². The largest absolute Gasteiger partial charge is 0.197 e. The summed E-state index contributed by atoms with van der Waals surface area (Å²) in [5.74, 6) is 0. The molecule has 16 heavy (non-hydrogen) atoms. The summed E-state index contributed by atoms with van der Waals surface area (Å²) in [6.45, 7) is 4.09. The van der Waals surface area contributed by atoms with Crippen LogP contribution in [-0.2, 0) is 0 Å². The molecule has 1 aromatic carbocycles. The van der Waals surface area contributed by atoms with Gasteiger partial charge in [-0.3, -0.25) is 0 Å². The van der Waals surface area contributed by atoms with E-state index in [1.807, 2.05) is 25.1 Å². The molecule has 0 amide bonds. The van der Waals surface area contributed by atoms with Gasteiger partial charge in [0.25, 0.3) is 0 Å². The third-order valence-electron chi connectivity index (χ3n) is 3.13. The lowest BCUT2D eigenvalue weighted by Crippen LogP contribution is -2.18. The molecule has 0 bridgehead atoms. The van der Waals surface area contributed by atoms with Crippen LogP contribution in [-0.4, -0.2) is 0 Å². The summed E-state index contributed by atoms with van der Waals surface area (Å²) in [5.41, 5.74) is 3.14. The first kappa shape index (κ1) is 10.7. The van der Waals surface area contributed by atoms with Gasteiger partial charge in [0.15, 0.2) is 0 Å². The number of allylic oxidation sites excluding steroid dienone is 4. The van der Waals surface area contributed by atoms with Crippen molar-refractivity contribution < 1.29 is 0 Å². The normalized spacial score (nSPS) is 24.3. The Morgan fingerprint density at radius 2 is 1.94 bits per heavy atom. The van der Waals surface area contributed by atoms with Crippen molar-refractivity contribution in [3.63, 3.8) is 0 Å². The van der Waals surface area contributed by atoms with Gasteiger partial charge < -0.3 is 0 Å². The summed E-state index contributed by atoms with van der Waals surface area (Å²) in [5, 5.41) is 9.35. The van der Waals surface area contributed by atoms with Crippen LogP contribution in [0.3, 0.4) is 0 Å². The summed E-state index contributed by atoms with van der Waals surface area (Å²) < 4.78 is 0. The molecule has 1 aliphatic rings. The van der Waals surface area contributed by atoms with Gasteiger partial charge in [-0.1, -0.05) is 48.1 Å². The highest BCUT2D eigenvalue weighted by atomic mass is 14.4. The first-order valence-corrected chi connectivity index (χ1v) is 5.51. The Hall–Kier alpha value is -1.81. The van der Waals surface area contributed by atoms with E-state index in [0.717, 1.165) is 17.6 Å². The van der Waals surface area contributed by atoms with E-state index in [2.05, 4.69) is 37.3 Å². The Labute approximate surface area is 96.7 Å². The van der Waals surface area contributed by atoms with E-state index in [-0.39, 0.29) is 5.41 Å². The molecule has 1 atom stereocenters. The zero-order chi connectivity index (χ0) is 11.6. The van der Waals surface area contributed by atoms with Gasteiger partial charge in [-0.25, -0.2) is 0 Å². The molecular weight excluding hydrogens is 194 g/mol. The SMILES string of the molecule is CC1=CCC(C)(C#N)C(c2ccccc2)=C1. The fraction of sp³-hybridized carbons (Fsp3) is 0.267. The highest BCUT2D eigenvalue weighted by Crippen LogP contribution is 2.41. The number of hydrogen-bond acceptors (Lipinski definition) is 1. The number of nitriles is 1. The first-order chi connectivity index (χ1) is 7.65. The van der Waals surface area contributed by atoms with Crippen LogP contribution in [0.5, 0.6) is 0 Å². The Bertz CT molecular complexity index is 488. The van der Waals surface area contributed by atoms with Gasteiger partial charge in [0, 0.05) is 0 Å². The van der Waals surface area contributed by atoms with Crippen molar-refractivity contribution in [3.05, 3.63) is 53.6 Å². The van der Waals surface area contributed by atoms with E-state index >= 15 is 0 Å². The molecule has 1 nitrogen and oxygen atoms in total. The molecule has 0 N–H and O–H groups in total. The summed E-state index contributed by atoms with van der Waals surface area (Å²) in [6.07, 6.45) is 5.06. The predicted molar refractivity (Wildman–Crippen MR) is 66.5 cm³/mol. The molecule has 0 fully saturated rings. The molecule has 1 aromatic rings. The summed E-state index contributed by atoms with van der Waals surface area (Å²) in [4.78, 5) is 0. The molecule has 0 heterocycles. The highest BCUT2D eigenvalue weighted by Gasteiger charge is 2.30. The predicted octanol–water partition coefficient (Wildman–Crippen LogP) is 3.95. The van der Waals surface area contributed by atoms with Crippen molar-refractivity contribution in [2.45, 2.75) is 20.3 Å². The van der Waals surface area contributed by atoms with Crippen LogP contribution < -0.4 is 0 Å². The fourth-order valence-corrected chi connectivity index (χ4v) is 2.05. The standard InChI is InChI=1S/C15H15N/c1-12-8-9-15(2,11-16)14(10-12)13-6-4-3-5-7-13/h3-8,10H,9H2,1-2H3. The van der Waals surface area contributed by atoms with E-state index < -0.39 is 0 Å². The molecule has 0 saturated heterocycles. The van der Waals surface area contributed by atoms with Crippen LogP contribution in [0.4, 0.5) is 0 Å². The fourth-order valence-electron chi connectivity index (χ4n) is 2.05. The van der Waals surface area contributed by atoms with Crippen LogP contribution in [0.1, 0.15) is 25.8 Å². The second-order valence-electron chi connectivity index (χ2n) is 4.52. The zero-order valence-electron chi connectivity index (χ0n) is 9.70. The van der Waals surface area contributed by atoms with Gasteiger partial charge in [0.1, 0.15) is 0 Å². The molecule has 0 saturated carbocycles. The van der Waals surface area contributed by atoms with Crippen LogP contribution >= 0.6 is 0 Å². The lowest BCUT2D eigenvalue weighted by molar-refractivity contribution is 0.592. The molecular formula is C15H15N. The zero-order valence-corrected chi connectivity index (χ0v) is 9.70. The van der Waals surface area contributed by atoms with Crippen molar-refractivity contribution in [3.8, 4) is 6.07 Å². The molecule has 0 spiro atoms. The summed E-state index contributed by atoms with van der Waals surface area (Å²) >= 11 is 0. The van der Waals surface area contributed by atoms with Crippen molar-refractivity contribution in [1.82, 2.24) is 0 Å². The van der Waals surface area contributed by atoms with Gasteiger partial charge in [0.2, 0.25) is 0 Å². The van der Waals surface area contributed by atoms with Gasteiger partial charge in [-0.15, -0.1) is 0 Å². The van der Waals surface area contributed by atoms with E-state index in [1.54, 1.807) is 0 Å². The number of benzene rings is 1.